The Bertz CT molecular complexity index is 789. The van der Waals surface area contributed by atoms with E-state index in [1.165, 1.54) is 0 Å². The van der Waals surface area contributed by atoms with Gasteiger partial charge in [-0.25, -0.2) is 0 Å². The summed E-state index contributed by atoms with van der Waals surface area (Å²) in [6.45, 7) is 4.24. The van der Waals surface area contributed by atoms with Crippen molar-refractivity contribution < 1.29 is 9.59 Å². The number of hydrogen-bond acceptors (Lipinski definition) is 4. The number of nitrogens with two attached hydrogens (primary N) is 1. The summed E-state index contributed by atoms with van der Waals surface area (Å²) in [4.78, 5) is 30.5. The third kappa shape index (κ3) is 3.53. The number of nitrogens with zero attached hydrogens (tertiary/aromatic N) is 2. The van der Waals surface area contributed by atoms with Crippen LogP contribution >= 0.6 is 0 Å². The number of pyridine rings is 1. The molecule has 25 heavy (non-hydrogen) atoms. The van der Waals surface area contributed by atoms with E-state index in [1.807, 2.05) is 32.0 Å². The Labute approximate surface area is 147 Å². The minimum absolute atomic E-state index is 0.0609. The molecule has 3 N–H and O–H groups in total. The molecule has 2 aromatic rings. The maximum absolute atomic E-state index is 12.6. The zero-order chi connectivity index (χ0) is 18.0. The maximum Gasteiger partial charge on any atom is 0.259 e. The van der Waals surface area contributed by atoms with Crippen LogP contribution in [-0.4, -0.2) is 29.4 Å². The van der Waals surface area contributed by atoms with Gasteiger partial charge in [-0.2, -0.15) is 0 Å². The summed E-state index contributed by atoms with van der Waals surface area (Å²) in [6, 6.07) is 8.93. The summed E-state index contributed by atoms with van der Waals surface area (Å²) < 4.78 is 0. The van der Waals surface area contributed by atoms with Gasteiger partial charge < -0.3 is 16.0 Å². The number of carbonyl (C=O) groups is 2. The number of nitrogens with one attached hydrogen (secondary N) is 1. The van der Waals surface area contributed by atoms with Gasteiger partial charge in [0.15, 0.2) is 0 Å². The van der Waals surface area contributed by atoms with Crippen molar-refractivity contribution in [1.29, 1.82) is 0 Å². The predicted octanol–water partition coefficient (Wildman–Crippen LogP) is 2.21. The van der Waals surface area contributed by atoms with Gasteiger partial charge >= 0.3 is 0 Å². The van der Waals surface area contributed by atoms with Crippen molar-refractivity contribution in [2.45, 2.75) is 26.3 Å². The van der Waals surface area contributed by atoms with Gasteiger partial charge in [-0.1, -0.05) is 6.92 Å². The highest BCUT2D eigenvalue weighted by Gasteiger charge is 2.26. The zero-order valence-electron chi connectivity index (χ0n) is 14.4. The molecule has 2 unspecified atom stereocenters. The minimum Gasteiger partial charge on any atom is -0.327 e. The smallest absolute Gasteiger partial charge is 0.259 e. The van der Waals surface area contributed by atoms with Crippen LogP contribution in [-0.2, 0) is 11.2 Å². The Morgan fingerprint density at radius 2 is 2.08 bits per heavy atom. The maximum atomic E-state index is 12.6. The molecule has 0 radical (unpaired) electrons. The van der Waals surface area contributed by atoms with Crippen molar-refractivity contribution >= 4 is 23.2 Å². The van der Waals surface area contributed by atoms with Crippen LogP contribution in [0.2, 0.25) is 0 Å². The first kappa shape index (κ1) is 17.1. The molecule has 0 bridgehead atoms. The highest BCUT2D eigenvalue weighted by Crippen LogP contribution is 2.31. The summed E-state index contributed by atoms with van der Waals surface area (Å²) >= 11 is 0. The molecule has 3 rings (SSSR count). The number of rotatable bonds is 4. The number of fused-ring (bicyclic) bond motifs is 1. The molecule has 0 aliphatic carbocycles. The number of benzene rings is 1. The molecule has 1 aromatic heterocycles. The lowest BCUT2D eigenvalue weighted by atomic mass is 10.0. The fourth-order valence-electron chi connectivity index (χ4n) is 2.83. The highest BCUT2D eigenvalue weighted by atomic mass is 16.2. The molecule has 1 aliphatic heterocycles. The molecule has 2 amide bonds. The van der Waals surface area contributed by atoms with Crippen LogP contribution in [0.3, 0.4) is 0 Å². The van der Waals surface area contributed by atoms with Crippen LogP contribution in [0, 0.1) is 5.92 Å². The van der Waals surface area contributed by atoms with Gasteiger partial charge in [0.05, 0.1) is 11.5 Å². The molecule has 2 heterocycles. The SMILES string of the molecule is CC(N)C(C)C(=O)Nc1ccc2c(c1)CCN2C(=O)c1cccnc1. The number of amides is 2. The largest absolute Gasteiger partial charge is 0.327 e. The molecule has 6 heteroatoms. The van der Waals surface area contributed by atoms with E-state index in [-0.39, 0.29) is 23.8 Å². The van der Waals surface area contributed by atoms with Gasteiger partial charge in [-0.15, -0.1) is 0 Å². The molecule has 2 atom stereocenters. The molecule has 1 aromatic carbocycles. The summed E-state index contributed by atoms with van der Waals surface area (Å²) in [5, 5.41) is 2.90. The molecule has 1 aliphatic rings. The Balaban J connectivity index is 1.77. The second kappa shape index (κ2) is 7.03. The predicted molar refractivity (Wildman–Crippen MR) is 97.5 cm³/mol. The molecular weight excluding hydrogens is 316 g/mol. The fraction of sp³-hybridized carbons (Fsp3) is 0.316. The van der Waals surface area contributed by atoms with E-state index in [1.54, 1.807) is 29.4 Å². The fourth-order valence-corrected chi connectivity index (χ4v) is 2.83. The normalized spacial score (nSPS) is 15.4. The zero-order valence-corrected chi connectivity index (χ0v) is 14.4. The van der Waals surface area contributed by atoms with E-state index >= 15 is 0 Å². The highest BCUT2D eigenvalue weighted by molar-refractivity contribution is 6.07. The van der Waals surface area contributed by atoms with Crippen molar-refractivity contribution in [2.24, 2.45) is 11.7 Å². The minimum atomic E-state index is -0.267. The molecule has 0 saturated carbocycles. The molecule has 0 spiro atoms. The van der Waals surface area contributed by atoms with Crippen LogP contribution in [0.4, 0.5) is 11.4 Å². The van der Waals surface area contributed by atoms with Crippen molar-refractivity contribution in [3.8, 4) is 0 Å². The third-order valence-electron chi connectivity index (χ3n) is 4.60. The summed E-state index contributed by atoms with van der Waals surface area (Å²) in [5.41, 5.74) is 9.00. The van der Waals surface area contributed by atoms with Crippen molar-refractivity contribution in [1.82, 2.24) is 4.98 Å². The van der Waals surface area contributed by atoms with Gasteiger partial charge in [0.25, 0.3) is 5.91 Å². The first-order valence-electron chi connectivity index (χ1n) is 8.38. The number of aromatic nitrogens is 1. The van der Waals surface area contributed by atoms with Gasteiger partial charge in [0.1, 0.15) is 0 Å². The summed E-state index contributed by atoms with van der Waals surface area (Å²) in [7, 11) is 0. The van der Waals surface area contributed by atoms with E-state index in [4.69, 9.17) is 5.73 Å². The van der Waals surface area contributed by atoms with Crippen LogP contribution in [0.1, 0.15) is 29.8 Å². The van der Waals surface area contributed by atoms with Gasteiger partial charge in [-0.05, 0) is 49.2 Å². The third-order valence-corrected chi connectivity index (χ3v) is 4.60. The van der Waals surface area contributed by atoms with Gasteiger partial charge in [0, 0.05) is 36.4 Å². The molecular formula is C19H22N4O2. The van der Waals surface area contributed by atoms with E-state index in [0.717, 1.165) is 23.4 Å². The Morgan fingerprint density at radius 1 is 1.28 bits per heavy atom. The quantitative estimate of drug-likeness (QED) is 0.894. The average molecular weight is 338 g/mol. The van der Waals surface area contributed by atoms with Crippen LogP contribution < -0.4 is 16.0 Å². The molecule has 0 fully saturated rings. The Kier molecular flexibility index (Phi) is 4.81. The molecule has 0 saturated heterocycles. The van der Waals surface area contributed by atoms with Gasteiger partial charge in [0.2, 0.25) is 5.91 Å². The van der Waals surface area contributed by atoms with E-state index < -0.39 is 0 Å². The van der Waals surface area contributed by atoms with Crippen molar-refractivity contribution in [3.63, 3.8) is 0 Å². The standard InChI is InChI=1S/C19H22N4O2/c1-12(13(2)20)18(24)22-16-5-6-17-14(10-16)7-9-23(17)19(25)15-4-3-8-21-11-15/h3-6,8,10-13H,7,9,20H2,1-2H3,(H,22,24). The van der Waals surface area contributed by atoms with Crippen molar-refractivity contribution in [3.05, 3.63) is 53.9 Å². The molecule has 130 valence electrons. The average Bonchev–Trinajstić information content (AvgIpc) is 3.04. The van der Waals surface area contributed by atoms with Crippen LogP contribution in [0.5, 0.6) is 0 Å². The lowest BCUT2D eigenvalue weighted by Gasteiger charge is -2.18. The van der Waals surface area contributed by atoms with E-state index in [2.05, 4.69) is 10.3 Å². The Hall–Kier alpha value is -2.73. The Morgan fingerprint density at radius 3 is 2.76 bits per heavy atom. The van der Waals surface area contributed by atoms with Gasteiger partial charge in [-0.3, -0.25) is 14.6 Å². The second-order valence-corrected chi connectivity index (χ2v) is 6.43. The first-order chi connectivity index (χ1) is 12.0. The monoisotopic (exact) mass is 338 g/mol. The summed E-state index contributed by atoms with van der Waals surface area (Å²) in [6.07, 6.45) is 3.98. The van der Waals surface area contributed by atoms with E-state index in [0.29, 0.717) is 12.1 Å². The number of hydrogen-bond donors (Lipinski definition) is 2. The van der Waals surface area contributed by atoms with Crippen LogP contribution in [0.25, 0.3) is 0 Å². The lowest BCUT2D eigenvalue weighted by Crippen LogP contribution is -2.34. The first-order valence-corrected chi connectivity index (χ1v) is 8.38. The summed E-state index contributed by atoms with van der Waals surface area (Å²) in [5.74, 6) is -0.428. The molecule has 6 nitrogen and oxygen atoms in total. The lowest BCUT2D eigenvalue weighted by molar-refractivity contribution is -0.119. The van der Waals surface area contributed by atoms with Crippen molar-refractivity contribution in [2.75, 3.05) is 16.8 Å². The van der Waals surface area contributed by atoms with Crippen LogP contribution in [0.15, 0.2) is 42.7 Å². The second-order valence-electron chi connectivity index (χ2n) is 6.43. The number of anilines is 2. The topological polar surface area (TPSA) is 88.3 Å². The van der Waals surface area contributed by atoms with E-state index in [9.17, 15) is 9.59 Å². The number of carbonyl (C=O) groups excluding carboxylic acids is 2.